The minimum atomic E-state index is -4.17. The van der Waals surface area contributed by atoms with Crippen molar-refractivity contribution in [2.45, 2.75) is 32.2 Å². The number of hydrogen-bond donors (Lipinski definition) is 3. The Hall–Kier alpha value is -3.27. The van der Waals surface area contributed by atoms with E-state index in [0.717, 1.165) is 11.6 Å². The van der Waals surface area contributed by atoms with Gasteiger partial charge in [0, 0.05) is 24.2 Å². The molecule has 1 unspecified atom stereocenters. The van der Waals surface area contributed by atoms with Crippen LogP contribution in [0.15, 0.2) is 48.5 Å². The van der Waals surface area contributed by atoms with Crippen LogP contribution < -0.4 is 5.32 Å². The fraction of sp³-hybridized carbons (Fsp3) is 0.333. The summed E-state index contributed by atoms with van der Waals surface area (Å²) in [6.45, 7) is 1.13. The smallest absolute Gasteiger partial charge is 0.410 e. The molecule has 1 amide bonds. The number of ether oxygens (including phenoxy) is 2. The molecule has 12 heteroatoms. The molecule has 2 aromatic rings. The summed E-state index contributed by atoms with van der Waals surface area (Å²) >= 11 is 0. The molecule has 0 aliphatic rings. The molecule has 2 aromatic carbocycles. The maximum absolute atomic E-state index is 12.5. The van der Waals surface area contributed by atoms with Gasteiger partial charge in [0.25, 0.3) is 5.69 Å². The lowest BCUT2D eigenvalue weighted by atomic mass is 10.1. The normalized spacial score (nSPS) is 13.4. The van der Waals surface area contributed by atoms with Crippen molar-refractivity contribution >= 4 is 25.1 Å². The van der Waals surface area contributed by atoms with Crippen LogP contribution >= 0.6 is 7.37 Å². The zero-order valence-electron chi connectivity index (χ0n) is 17.9. The topological polar surface area (TPSA) is 165 Å². The van der Waals surface area contributed by atoms with Crippen LogP contribution in [0.1, 0.15) is 35.4 Å². The van der Waals surface area contributed by atoms with E-state index < -0.39 is 43.1 Å². The number of carbonyl (C=O) groups excluding carboxylic acids is 2. The van der Waals surface area contributed by atoms with Crippen molar-refractivity contribution in [3.63, 3.8) is 0 Å². The van der Waals surface area contributed by atoms with E-state index in [-0.39, 0.29) is 30.7 Å². The predicted octanol–water partition coefficient (Wildman–Crippen LogP) is 3.37. The molecule has 0 spiro atoms. The van der Waals surface area contributed by atoms with Gasteiger partial charge in [0.1, 0.15) is 6.61 Å². The van der Waals surface area contributed by atoms with Crippen molar-refractivity contribution in [2.75, 3.05) is 12.9 Å². The van der Waals surface area contributed by atoms with Gasteiger partial charge in [-0.05, 0) is 24.5 Å². The van der Waals surface area contributed by atoms with Crippen molar-refractivity contribution in [3.8, 4) is 0 Å². The molecule has 0 heterocycles. The summed E-state index contributed by atoms with van der Waals surface area (Å²) < 4.78 is 22.2. The number of carbonyl (C=O) groups is 2. The van der Waals surface area contributed by atoms with Gasteiger partial charge in [0.05, 0.1) is 4.92 Å². The Bertz CT molecular complexity index is 1030. The molecule has 2 rings (SSSR count). The number of nitro benzene ring substituents is 1. The molecule has 0 saturated carbocycles. The standard InChI is InChI=1S/C21H25N2O9P/c1-15-9-10-17(12-18(15)23(27)28)20(25)33(29,30)11-5-8-19(24)32-14-22-21(26)31-13-16-6-3-2-4-7-16/h2-4,6-7,9-10,12,20,25H,5,8,11,13-14H2,1H3,(H,22,26)(H,29,30)/t20-/m0/s1. The molecule has 178 valence electrons. The van der Waals surface area contributed by atoms with E-state index in [1.807, 2.05) is 6.07 Å². The molecule has 3 N–H and O–H groups in total. The van der Waals surface area contributed by atoms with Crippen LogP contribution in [0.3, 0.4) is 0 Å². The molecular formula is C21H25N2O9P. The van der Waals surface area contributed by atoms with Crippen LogP contribution in [0.2, 0.25) is 0 Å². The van der Waals surface area contributed by atoms with Gasteiger partial charge in [-0.2, -0.15) is 0 Å². The molecule has 33 heavy (non-hydrogen) atoms. The maximum Gasteiger partial charge on any atom is 0.410 e. The number of hydrogen-bond acceptors (Lipinski definition) is 8. The Morgan fingerprint density at radius 3 is 2.55 bits per heavy atom. The van der Waals surface area contributed by atoms with Crippen LogP contribution in [0, 0.1) is 17.0 Å². The predicted molar refractivity (Wildman–Crippen MR) is 117 cm³/mol. The lowest BCUT2D eigenvalue weighted by Gasteiger charge is -2.18. The number of aliphatic hydroxyl groups is 1. The second kappa shape index (κ2) is 12.1. The van der Waals surface area contributed by atoms with Crippen LogP contribution in [-0.2, 0) is 25.4 Å². The van der Waals surface area contributed by atoms with E-state index in [9.17, 15) is 34.3 Å². The number of benzene rings is 2. The van der Waals surface area contributed by atoms with E-state index in [1.54, 1.807) is 24.3 Å². The van der Waals surface area contributed by atoms with E-state index in [2.05, 4.69) is 5.32 Å². The van der Waals surface area contributed by atoms with Crippen LogP contribution in [0.4, 0.5) is 10.5 Å². The molecule has 0 fully saturated rings. The summed E-state index contributed by atoms with van der Waals surface area (Å²) in [4.78, 5) is 43.9. The fourth-order valence-electron chi connectivity index (χ4n) is 2.81. The van der Waals surface area contributed by atoms with Crippen LogP contribution in [0.5, 0.6) is 0 Å². The van der Waals surface area contributed by atoms with E-state index in [4.69, 9.17) is 9.47 Å². The summed E-state index contributed by atoms with van der Waals surface area (Å²) in [6, 6.07) is 12.8. The second-order valence-corrected chi connectivity index (χ2v) is 9.61. The van der Waals surface area contributed by atoms with Gasteiger partial charge < -0.3 is 19.5 Å². The Kier molecular flexibility index (Phi) is 9.53. The van der Waals surface area contributed by atoms with Crippen molar-refractivity contribution in [1.29, 1.82) is 0 Å². The molecule has 11 nitrogen and oxygen atoms in total. The largest absolute Gasteiger partial charge is 0.445 e. The highest BCUT2D eigenvalue weighted by molar-refractivity contribution is 7.58. The number of rotatable bonds is 11. The molecule has 0 saturated heterocycles. The summed E-state index contributed by atoms with van der Waals surface area (Å²) in [5, 5.41) is 23.5. The number of nitrogens with one attached hydrogen (secondary N) is 1. The fourth-order valence-corrected chi connectivity index (χ4v) is 4.29. The van der Waals surface area contributed by atoms with Gasteiger partial charge in [0.15, 0.2) is 12.6 Å². The van der Waals surface area contributed by atoms with Crippen LogP contribution in [0.25, 0.3) is 0 Å². The third-order valence-electron chi connectivity index (χ3n) is 4.63. The van der Waals surface area contributed by atoms with Gasteiger partial charge in [-0.1, -0.05) is 42.5 Å². The Balaban J connectivity index is 1.72. The maximum atomic E-state index is 12.5. The number of nitrogens with zero attached hydrogens (tertiary/aromatic N) is 1. The highest BCUT2D eigenvalue weighted by Gasteiger charge is 2.31. The minimum absolute atomic E-state index is 0.0544. The SMILES string of the molecule is Cc1ccc([C@@H](O)P(=O)(O)CCCC(=O)OCNC(=O)OCc2ccccc2)cc1[N+](=O)[O-]. The van der Waals surface area contributed by atoms with Crippen molar-refractivity contribution in [3.05, 3.63) is 75.3 Å². The third-order valence-corrected chi connectivity index (χ3v) is 6.65. The van der Waals surface area contributed by atoms with Gasteiger partial charge in [0.2, 0.25) is 7.37 Å². The highest BCUT2D eigenvalue weighted by Crippen LogP contribution is 2.54. The number of aryl methyl sites for hydroxylation is 1. The molecule has 0 aromatic heterocycles. The third kappa shape index (κ3) is 8.30. The summed E-state index contributed by atoms with van der Waals surface area (Å²) in [6.07, 6.45) is -1.48. The first kappa shape index (κ1) is 26.0. The Morgan fingerprint density at radius 1 is 1.18 bits per heavy atom. The zero-order valence-corrected chi connectivity index (χ0v) is 18.8. The Morgan fingerprint density at radius 2 is 1.88 bits per heavy atom. The first-order valence-electron chi connectivity index (χ1n) is 9.95. The zero-order chi connectivity index (χ0) is 24.4. The van der Waals surface area contributed by atoms with Gasteiger partial charge in [-0.25, -0.2) is 4.79 Å². The van der Waals surface area contributed by atoms with E-state index >= 15 is 0 Å². The lowest BCUT2D eigenvalue weighted by Crippen LogP contribution is -2.28. The first-order chi connectivity index (χ1) is 15.6. The monoisotopic (exact) mass is 480 g/mol. The first-order valence-corrected chi connectivity index (χ1v) is 11.9. The van der Waals surface area contributed by atoms with Gasteiger partial charge in [-0.15, -0.1) is 0 Å². The minimum Gasteiger partial charge on any atom is -0.445 e. The number of esters is 1. The lowest BCUT2D eigenvalue weighted by molar-refractivity contribution is -0.385. The molecule has 0 aliphatic heterocycles. The summed E-state index contributed by atoms with van der Waals surface area (Å²) in [5.41, 5.74) is 0.813. The Labute approximate surface area is 189 Å². The second-order valence-electron chi connectivity index (χ2n) is 7.16. The van der Waals surface area contributed by atoms with Crippen molar-refractivity contribution in [2.24, 2.45) is 0 Å². The molecule has 0 bridgehead atoms. The van der Waals surface area contributed by atoms with Crippen molar-refractivity contribution < 1.29 is 38.6 Å². The van der Waals surface area contributed by atoms with Crippen molar-refractivity contribution in [1.82, 2.24) is 5.32 Å². The number of nitro groups is 1. The summed E-state index contributed by atoms with van der Waals surface area (Å²) in [7, 11) is -4.17. The van der Waals surface area contributed by atoms with E-state index in [1.165, 1.54) is 19.1 Å². The van der Waals surface area contributed by atoms with Gasteiger partial charge in [-0.3, -0.25) is 24.8 Å². The number of aliphatic hydroxyl groups excluding tert-OH is 1. The number of amides is 1. The highest BCUT2D eigenvalue weighted by atomic mass is 31.2. The average molecular weight is 480 g/mol. The van der Waals surface area contributed by atoms with E-state index in [0.29, 0.717) is 5.56 Å². The molecule has 0 aliphatic carbocycles. The quantitative estimate of drug-likeness (QED) is 0.144. The van der Waals surface area contributed by atoms with Crippen LogP contribution in [-0.4, -0.2) is 39.9 Å². The molecule has 2 atom stereocenters. The van der Waals surface area contributed by atoms with Gasteiger partial charge >= 0.3 is 12.1 Å². The summed E-state index contributed by atoms with van der Waals surface area (Å²) in [5.74, 6) is -2.55. The average Bonchev–Trinajstić information content (AvgIpc) is 2.78. The molecule has 0 radical (unpaired) electrons. The molecular weight excluding hydrogens is 455 g/mol. The number of alkyl carbamates (subject to hydrolysis) is 1.